The third kappa shape index (κ3) is 6.39. The summed E-state index contributed by atoms with van der Waals surface area (Å²) < 4.78 is 49.2. The number of nitrogens with zero attached hydrogens (tertiary/aromatic N) is 2. The second kappa shape index (κ2) is 10.1. The van der Waals surface area contributed by atoms with Gasteiger partial charge in [-0.15, -0.1) is 0 Å². The van der Waals surface area contributed by atoms with Gasteiger partial charge in [0.2, 0.25) is 5.91 Å². The van der Waals surface area contributed by atoms with Crippen molar-refractivity contribution in [2.24, 2.45) is 5.92 Å². The molecule has 1 aromatic rings. The first-order valence-corrected chi connectivity index (χ1v) is 10.4. The predicted octanol–water partition coefficient (Wildman–Crippen LogP) is 2.34. The number of aromatic nitrogens is 1. The van der Waals surface area contributed by atoms with Crippen molar-refractivity contribution in [2.75, 3.05) is 32.9 Å². The SMILES string of the molecule is Cc1cncc(COC2CCOC3(C2)CN(C(=O)C2CCOC2)C3)c1.O=C(O)C(F)(F)F. The summed E-state index contributed by atoms with van der Waals surface area (Å²) in [6.45, 7) is 5.97. The number of pyridine rings is 1. The first kappa shape index (κ1) is 24.4. The molecule has 0 radical (unpaired) electrons. The number of rotatable bonds is 4. The number of aliphatic carboxylic acids is 1. The first-order chi connectivity index (χ1) is 15.1. The molecule has 32 heavy (non-hydrogen) atoms. The highest BCUT2D eigenvalue weighted by Gasteiger charge is 2.50. The molecule has 0 saturated carbocycles. The second-order valence-electron chi connectivity index (χ2n) is 8.39. The second-order valence-corrected chi connectivity index (χ2v) is 8.39. The number of aryl methyl sites for hydroxylation is 1. The Balaban J connectivity index is 0.000000360. The number of carbonyl (C=O) groups excluding carboxylic acids is 1. The Bertz CT molecular complexity index is 807. The molecule has 11 heteroatoms. The zero-order valence-corrected chi connectivity index (χ0v) is 17.8. The Kier molecular flexibility index (Phi) is 7.73. The van der Waals surface area contributed by atoms with Crippen LogP contribution in [-0.2, 0) is 30.4 Å². The number of hydrogen-bond acceptors (Lipinski definition) is 6. The predicted molar refractivity (Wildman–Crippen MR) is 105 cm³/mol. The summed E-state index contributed by atoms with van der Waals surface area (Å²) in [5.41, 5.74) is 2.05. The fourth-order valence-electron chi connectivity index (χ4n) is 4.05. The van der Waals surface area contributed by atoms with Crippen LogP contribution in [0.15, 0.2) is 18.5 Å². The van der Waals surface area contributed by atoms with E-state index in [2.05, 4.69) is 11.1 Å². The molecule has 3 aliphatic heterocycles. The smallest absolute Gasteiger partial charge is 0.475 e. The Morgan fingerprint density at radius 1 is 1.28 bits per heavy atom. The summed E-state index contributed by atoms with van der Waals surface area (Å²) in [6, 6.07) is 2.11. The lowest BCUT2D eigenvalue weighted by molar-refractivity contribution is -0.204. The van der Waals surface area contributed by atoms with Crippen molar-refractivity contribution >= 4 is 11.9 Å². The molecule has 2 unspecified atom stereocenters. The number of amides is 1. The fourth-order valence-corrected chi connectivity index (χ4v) is 4.05. The molecule has 0 bridgehead atoms. The van der Waals surface area contributed by atoms with Crippen molar-refractivity contribution in [1.82, 2.24) is 9.88 Å². The molecule has 1 spiro atoms. The van der Waals surface area contributed by atoms with Gasteiger partial charge < -0.3 is 24.2 Å². The molecule has 1 aromatic heterocycles. The quantitative estimate of drug-likeness (QED) is 0.737. The van der Waals surface area contributed by atoms with Gasteiger partial charge in [0.25, 0.3) is 0 Å². The van der Waals surface area contributed by atoms with E-state index >= 15 is 0 Å². The van der Waals surface area contributed by atoms with Gasteiger partial charge in [0.1, 0.15) is 5.60 Å². The van der Waals surface area contributed by atoms with Crippen LogP contribution in [0.2, 0.25) is 0 Å². The highest BCUT2D eigenvalue weighted by Crippen LogP contribution is 2.36. The molecule has 3 fully saturated rings. The van der Waals surface area contributed by atoms with Gasteiger partial charge >= 0.3 is 12.1 Å². The van der Waals surface area contributed by atoms with E-state index in [0.717, 1.165) is 30.4 Å². The van der Waals surface area contributed by atoms with Crippen LogP contribution in [0.3, 0.4) is 0 Å². The Labute approximate surface area is 183 Å². The fraction of sp³-hybridized carbons (Fsp3) is 0.667. The molecule has 1 amide bonds. The van der Waals surface area contributed by atoms with E-state index in [1.165, 1.54) is 0 Å². The summed E-state index contributed by atoms with van der Waals surface area (Å²) >= 11 is 0. The van der Waals surface area contributed by atoms with Gasteiger partial charge in [-0.2, -0.15) is 13.2 Å². The summed E-state index contributed by atoms with van der Waals surface area (Å²) in [4.78, 5) is 27.5. The van der Waals surface area contributed by atoms with Crippen LogP contribution in [0.5, 0.6) is 0 Å². The van der Waals surface area contributed by atoms with Crippen LogP contribution in [0.4, 0.5) is 13.2 Å². The third-order valence-electron chi connectivity index (χ3n) is 5.66. The Hall–Kier alpha value is -2.24. The maximum atomic E-state index is 12.4. The zero-order valence-electron chi connectivity index (χ0n) is 17.8. The lowest BCUT2D eigenvalue weighted by Crippen LogP contribution is -2.68. The molecular formula is C21H27F3N2O6. The number of halogens is 3. The highest BCUT2D eigenvalue weighted by molar-refractivity contribution is 5.80. The maximum Gasteiger partial charge on any atom is 0.490 e. The van der Waals surface area contributed by atoms with E-state index in [1.807, 2.05) is 24.2 Å². The molecule has 178 valence electrons. The maximum absolute atomic E-state index is 12.4. The molecule has 4 rings (SSSR count). The van der Waals surface area contributed by atoms with Crippen LogP contribution in [-0.4, -0.2) is 77.7 Å². The topological polar surface area (TPSA) is 98.2 Å². The lowest BCUT2D eigenvalue weighted by atomic mass is 9.84. The van der Waals surface area contributed by atoms with Crippen LogP contribution < -0.4 is 0 Å². The number of alkyl halides is 3. The van der Waals surface area contributed by atoms with E-state index in [1.54, 1.807) is 0 Å². The molecule has 3 aliphatic rings. The van der Waals surface area contributed by atoms with Gasteiger partial charge in [-0.3, -0.25) is 9.78 Å². The van der Waals surface area contributed by atoms with Gasteiger partial charge in [-0.1, -0.05) is 6.07 Å². The van der Waals surface area contributed by atoms with E-state index in [0.29, 0.717) is 39.5 Å². The summed E-state index contributed by atoms with van der Waals surface area (Å²) in [5.74, 6) is -2.49. The van der Waals surface area contributed by atoms with Crippen LogP contribution >= 0.6 is 0 Å². The van der Waals surface area contributed by atoms with Gasteiger partial charge in [-0.05, 0) is 30.9 Å². The van der Waals surface area contributed by atoms with Crippen molar-refractivity contribution in [1.29, 1.82) is 0 Å². The number of likely N-dealkylation sites (tertiary alicyclic amines) is 1. The molecule has 4 heterocycles. The lowest BCUT2D eigenvalue weighted by Gasteiger charge is -2.53. The molecule has 0 aromatic carbocycles. The number of carbonyl (C=O) groups is 2. The average molecular weight is 460 g/mol. The first-order valence-electron chi connectivity index (χ1n) is 10.4. The van der Waals surface area contributed by atoms with Crippen LogP contribution in [0.1, 0.15) is 30.4 Å². The molecule has 0 aliphatic carbocycles. The third-order valence-corrected chi connectivity index (χ3v) is 5.66. The van der Waals surface area contributed by atoms with Crippen molar-refractivity contribution in [3.05, 3.63) is 29.6 Å². The number of ether oxygens (including phenoxy) is 3. The standard InChI is InChI=1S/C19H26N2O4.C2HF3O2/c1-14-6-15(9-20-8-14)10-24-17-3-5-25-19(7-17)12-21(13-19)18(22)16-2-4-23-11-16;3-2(4,5)1(6)7/h6,8-9,16-17H,2-5,7,10-13H2,1H3;(H,6,7). The van der Waals surface area contributed by atoms with Crippen molar-refractivity contribution < 1.29 is 42.1 Å². The van der Waals surface area contributed by atoms with Gasteiger partial charge in [-0.25, -0.2) is 4.79 Å². The van der Waals surface area contributed by atoms with E-state index < -0.39 is 12.1 Å². The van der Waals surface area contributed by atoms with Crippen molar-refractivity contribution in [2.45, 2.75) is 50.7 Å². The number of carboxylic acid groups (broad SMARTS) is 1. The van der Waals surface area contributed by atoms with E-state index in [-0.39, 0.29) is 23.5 Å². The highest BCUT2D eigenvalue weighted by atomic mass is 19.4. The Morgan fingerprint density at radius 2 is 2.00 bits per heavy atom. The summed E-state index contributed by atoms with van der Waals surface area (Å²) in [7, 11) is 0. The minimum Gasteiger partial charge on any atom is -0.475 e. The minimum absolute atomic E-state index is 0.0433. The average Bonchev–Trinajstić information content (AvgIpc) is 3.25. The monoisotopic (exact) mass is 460 g/mol. The zero-order chi connectivity index (χ0) is 23.4. The van der Waals surface area contributed by atoms with Gasteiger partial charge in [0.05, 0.1) is 38.3 Å². The van der Waals surface area contributed by atoms with Gasteiger partial charge in [0.15, 0.2) is 0 Å². The molecular weight excluding hydrogens is 433 g/mol. The normalized spacial score (nSPS) is 24.4. The van der Waals surface area contributed by atoms with Crippen molar-refractivity contribution in [3.8, 4) is 0 Å². The van der Waals surface area contributed by atoms with Gasteiger partial charge in [0, 0.05) is 32.0 Å². The van der Waals surface area contributed by atoms with E-state index in [4.69, 9.17) is 24.1 Å². The number of hydrogen-bond donors (Lipinski definition) is 1. The minimum atomic E-state index is -5.08. The van der Waals surface area contributed by atoms with Crippen LogP contribution in [0, 0.1) is 12.8 Å². The summed E-state index contributed by atoms with van der Waals surface area (Å²) in [6.07, 6.45) is 1.42. The molecule has 8 nitrogen and oxygen atoms in total. The van der Waals surface area contributed by atoms with Crippen molar-refractivity contribution in [3.63, 3.8) is 0 Å². The molecule has 3 saturated heterocycles. The van der Waals surface area contributed by atoms with Crippen LogP contribution in [0.25, 0.3) is 0 Å². The molecule has 2 atom stereocenters. The molecule has 1 N–H and O–H groups in total. The number of carboxylic acids is 1. The Morgan fingerprint density at radius 3 is 2.59 bits per heavy atom. The summed E-state index contributed by atoms with van der Waals surface area (Å²) in [5, 5.41) is 7.12. The largest absolute Gasteiger partial charge is 0.490 e. The van der Waals surface area contributed by atoms with E-state index in [9.17, 15) is 18.0 Å².